The van der Waals surface area contributed by atoms with Crippen LogP contribution in [-0.2, 0) is 11.3 Å². The highest BCUT2D eigenvalue weighted by Crippen LogP contribution is 2.33. The fraction of sp³-hybridized carbons (Fsp3) is 0.286. The second-order valence-electron chi connectivity index (χ2n) is 6.57. The molecular weight excluding hydrogens is 312 g/mol. The van der Waals surface area contributed by atoms with Crippen LogP contribution >= 0.6 is 0 Å². The van der Waals surface area contributed by atoms with Crippen LogP contribution in [0.15, 0.2) is 60.8 Å². The summed E-state index contributed by atoms with van der Waals surface area (Å²) in [6.07, 6.45) is 4.88. The molecule has 25 heavy (non-hydrogen) atoms. The lowest BCUT2D eigenvalue weighted by Gasteiger charge is -2.35. The van der Waals surface area contributed by atoms with Crippen molar-refractivity contribution in [2.75, 3.05) is 6.54 Å². The van der Waals surface area contributed by atoms with Crippen LogP contribution in [0.3, 0.4) is 0 Å². The number of rotatable bonds is 3. The summed E-state index contributed by atoms with van der Waals surface area (Å²) in [5.74, 6) is 0. The van der Waals surface area contributed by atoms with Gasteiger partial charge in [-0.2, -0.15) is 0 Å². The molecule has 4 heteroatoms. The Kier molecular flexibility index (Phi) is 4.42. The maximum atomic E-state index is 12.7. The number of piperidine rings is 1. The zero-order chi connectivity index (χ0) is 17.1. The number of carbonyl (C=O) groups excluding carboxylic acids is 1. The summed E-state index contributed by atoms with van der Waals surface area (Å²) in [6, 6.07) is 18.4. The SMILES string of the molecule is O=C(OCc1ccccc1)N1CCCCC1c1ccc2[nH]ccc2c1. The van der Waals surface area contributed by atoms with E-state index in [0.29, 0.717) is 6.61 Å². The molecule has 1 aliphatic rings. The first-order valence-corrected chi connectivity index (χ1v) is 8.85. The molecule has 1 fully saturated rings. The highest BCUT2D eigenvalue weighted by Gasteiger charge is 2.29. The van der Waals surface area contributed by atoms with Gasteiger partial charge in [-0.25, -0.2) is 4.79 Å². The van der Waals surface area contributed by atoms with Crippen molar-refractivity contribution in [2.45, 2.75) is 31.9 Å². The maximum absolute atomic E-state index is 12.7. The lowest BCUT2D eigenvalue weighted by molar-refractivity contribution is 0.0679. The maximum Gasteiger partial charge on any atom is 0.410 e. The number of hydrogen-bond donors (Lipinski definition) is 1. The molecule has 0 spiro atoms. The van der Waals surface area contributed by atoms with Gasteiger partial charge in [0.25, 0.3) is 0 Å². The van der Waals surface area contributed by atoms with Crippen molar-refractivity contribution in [3.05, 3.63) is 71.9 Å². The second-order valence-corrected chi connectivity index (χ2v) is 6.57. The monoisotopic (exact) mass is 334 g/mol. The summed E-state index contributed by atoms with van der Waals surface area (Å²) in [6.45, 7) is 1.07. The molecule has 0 bridgehead atoms. The highest BCUT2D eigenvalue weighted by molar-refractivity contribution is 5.80. The Morgan fingerprint density at radius 2 is 2.00 bits per heavy atom. The molecule has 0 radical (unpaired) electrons. The summed E-state index contributed by atoms with van der Waals surface area (Å²) in [5, 5.41) is 1.18. The van der Waals surface area contributed by atoms with Crippen molar-refractivity contribution < 1.29 is 9.53 Å². The van der Waals surface area contributed by atoms with E-state index in [1.807, 2.05) is 41.4 Å². The third kappa shape index (κ3) is 3.38. The topological polar surface area (TPSA) is 45.3 Å². The van der Waals surface area contributed by atoms with Crippen LogP contribution in [-0.4, -0.2) is 22.5 Å². The molecule has 0 saturated carbocycles. The van der Waals surface area contributed by atoms with E-state index < -0.39 is 0 Å². The van der Waals surface area contributed by atoms with E-state index in [1.165, 1.54) is 10.9 Å². The van der Waals surface area contributed by atoms with E-state index in [1.54, 1.807) is 0 Å². The molecule has 3 aromatic rings. The molecule has 1 unspecified atom stereocenters. The fourth-order valence-corrected chi connectivity index (χ4v) is 3.58. The van der Waals surface area contributed by atoms with Crippen molar-refractivity contribution >= 4 is 17.0 Å². The fourth-order valence-electron chi connectivity index (χ4n) is 3.58. The Hall–Kier alpha value is -2.75. The number of benzene rings is 2. The summed E-state index contributed by atoms with van der Waals surface area (Å²) < 4.78 is 5.57. The number of nitrogens with zero attached hydrogens (tertiary/aromatic N) is 1. The summed E-state index contributed by atoms with van der Waals surface area (Å²) in [7, 11) is 0. The predicted octanol–water partition coefficient (Wildman–Crippen LogP) is 5.03. The molecule has 1 N–H and O–H groups in total. The first-order chi connectivity index (χ1) is 12.3. The van der Waals surface area contributed by atoms with E-state index in [9.17, 15) is 4.79 Å². The Bertz CT molecular complexity index is 856. The Morgan fingerprint density at radius 1 is 1.12 bits per heavy atom. The number of ether oxygens (including phenoxy) is 1. The van der Waals surface area contributed by atoms with Crippen molar-refractivity contribution in [2.24, 2.45) is 0 Å². The van der Waals surface area contributed by atoms with Crippen LogP contribution in [0.1, 0.15) is 36.4 Å². The molecule has 1 saturated heterocycles. The number of likely N-dealkylation sites (tertiary alicyclic amines) is 1. The molecule has 1 amide bonds. The number of amides is 1. The smallest absolute Gasteiger partial charge is 0.410 e. The average molecular weight is 334 g/mol. The van der Waals surface area contributed by atoms with Gasteiger partial charge in [-0.1, -0.05) is 36.4 Å². The van der Waals surface area contributed by atoms with Crippen molar-refractivity contribution in [3.8, 4) is 0 Å². The molecule has 2 aromatic carbocycles. The van der Waals surface area contributed by atoms with Crippen molar-refractivity contribution in [3.63, 3.8) is 0 Å². The summed E-state index contributed by atoms with van der Waals surface area (Å²) in [5.41, 5.74) is 3.32. The van der Waals surface area contributed by atoms with Gasteiger partial charge in [-0.15, -0.1) is 0 Å². The Morgan fingerprint density at radius 3 is 2.88 bits per heavy atom. The quantitative estimate of drug-likeness (QED) is 0.730. The van der Waals surface area contributed by atoms with Crippen LogP contribution < -0.4 is 0 Å². The number of H-pyrrole nitrogens is 1. The first-order valence-electron chi connectivity index (χ1n) is 8.85. The molecule has 4 rings (SSSR count). The minimum atomic E-state index is -0.220. The number of carbonyl (C=O) groups is 1. The van der Waals surface area contributed by atoms with Gasteiger partial charge in [0, 0.05) is 18.3 Å². The third-order valence-corrected chi connectivity index (χ3v) is 4.90. The van der Waals surface area contributed by atoms with Gasteiger partial charge >= 0.3 is 6.09 Å². The van der Waals surface area contributed by atoms with Gasteiger partial charge in [0.1, 0.15) is 6.61 Å². The Labute approximate surface area is 147 Å². The molecule has 1 aliphatic heterocycles. The standard InChI is InChI=1S/C21H22N2O2/c24-21(25-15-16-6-2-1-3-7-16)23-13-5-4-8-20(23)18-9-10-19-17(14-18)11-12-22-19/h1-3,6-7,9-12,14,20,22H,4-5,8,13,15H2. The van der Waals surface area contributed by atoms with Gasteiger partial charge in [0.15, 0.2) is 0 Å². The summed E-state index contributed by atoms with van der Waals surface area (Å²) in [4.78, 5) is 17.8. The van der Waals surface area contributed by atoms with Crippen LogP contribution in [0.5, 0.6) is 0 Å². The van der Waals surface area contributed by atoms with E-state index in [0.717, 1.165) is 36.9 Å². The number of fused-ring (bicyclic) bond motifs is 1. The van der Waals surface area contributed by atoms with E-state index in [4.69, 9.17) is 4.74 Å². The van der Waals surface area contributed by atoms with Gasteiger partial charge < -0.3 is 14.6 Å². The van der Waals surface area contributed by atoms with E-state index in [-0.39, 0.29) is 12.1 Å². The number of aromatic nitrogens is 1. The van der Waals surface area contributed by atoms with Crippen LogP contribution in [0, 0.1) is 0 Å². The van der Waals surface area contributed by atoms with Crippen molar-refractivity contribution in [1.29, 1.82) is 0 Å². The molecular formula is C21H22N2O2. The molecule has 128 valence electrons. The van der Waals surface area contributed by atoms with Crippen LogP contribution in [0.4, 0.5) is 4.79 Å². The highest BCUT2D eigenvalue weighted by atomic mass is 16.6. The lowest BCUT2D eigenvalue weighted by atomic mass is 9.95. The third-order valence-electron chi connectivity index (χ3n) is 4.90. The zero-order valence-electron chi connectivity index (χ0n) is 14.2. The summed E-state index contributed by atoms with van der Waals surface area (Å²) >= 11 is 0. The van der Waals surface area contributed by atoms with Gasteiger partial charge in [0.05, 0.1) is 6.04 Å². The molecule has 0 aliphatic carbocycles. The largest absolute Gasteiger partial charge is 0.445 e. The molecule has 1 atom stereocenters. The minimum Gasteiger partial charge on any atom is -0.445 e. The zero-order valence-corrected chi connectivity index (χ0v) is 14.2. The van der Waals surface area contributed by atoms with Gasteiger partial charge in [0.2, 0.25) is 0 Å². The second kappa shape index (κ2) is 7.01. The first kappa shape index (κ1) is 15.8. The van der Waals surface area contributed by atoms with E-state index in [2.05, 4.69) is 29.2 Å². The normalized spacial score (nSPS) is 17.6. The van der Waals surface area contributed by atoms with Gasteiger partial charge in [-0.05, 0) is 54.0 Å². The van der Waals surface area contributed by atoms with Gasteiger partial charge in [-0.3, -0.25) is 0 Å². The Balaban J connectivity index is 1.50. The molecule has 4 nitrogen and oxygen atoms in total. The minimum absolute atomic E-state index is 0.0938. The molecule has 2 heterocycles. The van der Waals surface area contributed by atoms with Crippen LogP contribution in [0.2, 0.25) is 0 Å². The molecule has 1 aromatic heterocycles. The average Bonchev–Trinajstić information content (AvgIpc) is 3.15. The number of nitrogens with one attached hydrogen (secondary N) is 1. The van der Waals surface area contributed by atoms with Crippen molar-refractivity contribution in [1.82, 2.24) is 9.88 Å². The number of hydrogen-bond acceptors (Lipinski definition) is 2. The number of aromatic amines is 1. The van der Waals surface area contributed by atoms with E-state index >= 15 is 0 Å². The lowest BCUT2D eigenvalue weighted by Crippen LogP contribution is -2.38. The van der Waals surface area contributed by atoms with Crippen LogP contribution in [0.25, 0.3) is 10.9 Å². The predicted molar refractivity (Wildman–Crippen MR) is 98.2 cm³/mol.